The maximum absolute atomic E-state index is 5.99. The molecule has 2 aliphatic carbocycles. The van der Waals surface area contributed by atoms with Crippen LogP contribution in [0.15, 0.2) is 22.8 Å². The fraction of sp³-hybridized carbons (Fsp3) is 0.714. The molecule has 0 aromatic heterocycles. The molecule has 0 amide bonds. The molecule has 0 bridgehead atoms. The molecule has 2 aliphatic rings. The van der Waals surface area contributed by atoms with E-state index in [0.29, 0.717) is 0 Å². The van der Waals surface area contributed by atoms with Gasteiger partial charge < -0.3 is 22.1 Å². The molecule has 0 heterocycles. The summed E-state index contributed by atoms with van der Waals surface area (Å²) < 4.78 is 0. The maximum Gasteiger partial charge on any atom is 0.0318 e. The number of allylic oxidation sites excluding steroid dienone is 4. The van der Waals surface area contributed by atoms with Crippen LogP contribution in [-0.2, 0) is 0 Å². The van der Waals surface area contributed by atoms with Crippen LogP contribution in [0.25, 0.3) is 0 Å². The molecule has 0 radical (unpaired) electrons. The van der Waals surface area contributed by atoms with E-state index in [2.05, 4.69) is 10.6 Å². The van der Waals surface area contributed by atoms with Crippen LogP contribution in [0.5, 0.6) is 0 Å². The lowest BCUT2D eigenvalue weighted by Gasteiger charge is -2.21. The molecule has 0 aliphatic heterocycles. The van der Waals surface area contributed by atoms with E-state index in [-0.39, 0.29) is 0 Å². The van der Waals surface area contributed by atoms with Crippen molar-refractivity contribution in [1.82, 2.24) is 10.6 Å². The number of hydrogen-bond donors (Lipinski definition) is 4. The zero-order valence-corrected chi connectivity index (χ0v) is 11.2. The third kappa shape index (κ3) is 3.59. The van der Waals surface area contributed by atoms with Crippen molar-refractivity contribution in [1.29, 1.82) is 0 Å². The quantitative estimate of drug-likeness (QED) is 0.560. The van der Waals surface area contributed by atoms with Crippen LogP contribution in [-0.4, -0.2) is 13.1 Å². The minimum atomic E-state index is 0.923. The van der Waals surface area contributed by atoms with Gasteiger partial charge in [0.2, 0.25) is 0 Å². The van der Waals surface area contributed by atoms with Gasteiger partial charge in [-0.1, -0.05) is 0 Å². The van der Waals surface area contributed by atoms with Gasteiger partial charge in [0.1, 0.15) is 0 Å². The molecule has 0 saturated heterocycles. The first kappa shape index (κ1) is 13.1. The minimum Gasteiger partial charge on any atom is -0.401 e. The molecule has 2 rings (SSSR count). The summed E-state index contributed by atoms with van der Waals surface area (Å²) >= 11 is 0. The van der Waals surface area contributed by atoms with Crippen LogP contribution in [0.3, 0.4) is 0 Å². The second-order valence-corrected chi connectivity index (χ2v) is 5.28. The van der Waals surface area contributed by atoms with Gasteiger partial charge in [0, 0.05) is 35.9 Å². The Bertz CT molecular complexity index is 310. The Balaban J connectivity index is 1.70. The highest BCUT2D eigenvalue weighted by Gasteiger charge is 2.10. The van der Waals surface area contributed by atoms with E-state index in [1.54, 1.807) is 0 Å². The third-order valence-corrected chi connectivity index (χ3v) is 3.82. The van der Waals surface area contributed by atoms with E-state index in [4.69, 9.17) is 11.5 Å². The van der Waals surface area contributed by atoms with E-state index in [1.807, 2.05) is 0 Å². The number of rotatable bonds is 5. The smallest absolute Gasteiger partial charge is 0.0318 e. The zero-order valence-electron chi connectivity index (χ0n) is 11.2. The lowest BCUT2D eigenvalue weighted by molar-refractivity contribution is 0.580. The Hall–Kier alpha value is -1.32. The Labute approximate surface area is 110 Å². The van der Waals surface area contributed by atoms with E-state index >= 15 is 0 Å². The van der Waals surface area contributed by atoms with Gasteiger partial charge >= 0.3 is 0 Å². The molecule has 4 heteroatoms. The average molecular weight is 250 g/mol. The second-order valence-electron chi connectivity index (χ2n) is 5.28. The fourth-order valence-corrected chi connectivity index (χ4v) is 2.69. The Morgan fingerprint density at radius 3 is 1.44 bits per heavy atom. The highest BCUT2D eigenvalue weighted by Crippen LogP contribution is 2.19. The Kier molecular flexibility index (Phi) is 4.79. The monoisotopic (exact) mass is 250 g/mol. The van der Waals surface area contributed by atoms with Crippen LogP contribution in [0.2, 0.25) is 0 Å². The van der Waals surface area contributed by atoms with E-state index in [1.165, 1.54) is 37.1 Å². The number of nitrogens with one attached hydrogen (secondary N) is 2. The van der Waals surface area contributed by atoms with Gasteiger partial charge in [0.05, 0.1) is 0 Å². The molecule has 0 fully saturated rings. The van der Waals surface area contributed by atoms with Crippen molar-refractivity contribution in [3.8, 4) is 0 Å². The van der Waals surface area contributed by atoms with Crippen molar-refractivity contribution in [2.24, 2.45) is 11.5 Å². The summed E-state index contributed by atoms with van der Waals surface area (Å²) in [6.45, 7) is 1.85. The van der Waals surface area contributed by atoms with Crippen LogP contribution in [0, 0.1) is 0 Å². The van der Waals surface area contributed by atoms with Crippen LogP contribution >= 0.6 is 0 Å². The van der Waals surface area contributed by atoms with Gasteiger partial charge in [0.15, 0.2) is 0 Å². The molecule has 0 unspecified atom stereocenters. The van der Waals surface area contributed by atoms with Crippen molar-refractivity contribution >= 4 is 0 Å². The predicted molar refractivity (Wildman–Crippen MR) is 75.4 cm³/mol. The van der Waals surface area contributed by atoms with Gasteiger partial charge in [-0.05, 0) is 51.4 Å². The van der Waals surface area contributed by atoms with Crippen molar-refractivity contribution in [2.75, 3.05) is 13.1 Å². The van der Waals surface area contributed by atoms with Gasteiger partial charge in [-0.3, -0.25) is 0 Å². The number of hydrogen-bond acceptors (Lipinski definition) is 4. The zero-order chi connectivity index (χ0) is 12.8. The lowest BCUT2D eigenvalue weighted by Crippen LogP contribution is -2.30. The molecule has 6 N–H and O–H groups in total. The minimum absolute atomic E-state index is 0.923. The summed E-state index contributed by atoms with van der Waals surface area (Å²) in [5.74, 6) is 0. The third-order valence-electron chi connectivity index (χ3n) is 3.82. The fourth-order valence-electron chi connectivity index (χ4n) is 2.69. The van der Waals surface area contributed by atoms with E-state index in [0.717, 1.165) is 50.2 Å². The van der Waals surface area contributed by atoms with Crippen molar-refractivity contribution in [3.05, 3.63) is 22.8 Å². The van der Waals surface area contributed by atoms with Gasteiger partial charge in [0.25, 0.3) is 0 Å². The first-order valence-electron chi connectivity index (χ1n) is 7.20. The van der Waals surface area contributed by atoms with Crippen molar-refractivity contribution in [3.63, 3.8) is 0 Å². The molecule has 18 heavy (non-hydrogen) atoms. The van der Waals surface area contributed by atoms with Crippen LogP contribution < -0.4 is 22.1 Å². The van der Waals surface area contributed by atoms with Crippen LogP contribution in [0.4, 0.5) is 0 Å². The SMILES string of the molecule is NC1=C(NCCNC2=C(N)CCCC2)CCCC1. The topological polar surface area (TPSA) is 76.1 Å². The first-order chi connectivity index (χ1) is 8.77. The second kappa shape index (κ2) is 6.57. The van der Waals surface area contributed by atoms with Gasteiger partial charge in [-0.25, -0.2) is 0 Å². The summed E-state index contributed by atoms with van der Waals surface area (Å²) in [5, 5.41) is 6.91. The molecule has 0 aromatic rings. The summed E-state index contributed by atoms with van der Waals surface area (Å²) in [7, 11) is 0. The molecule has 0 spiro atoms. The highest BCUT2D eigenvalue weighted by atomic mass is 15.0. The lowest BCUT2D eigenvalue weighted by atomic mass is 10.0. The average Bonchev–Trinajstić information content (AvgIpc) is 2.38. The molecule has 0 saturated carbocycles. The summed E-state index contributed by atoms with van der Waals surface area (Å²) in [6, 6.07) is 0. The summed E-state index contributed by atoms with van der Waals surface area (Å²) in [4.78, 5) is 0. The molecule has 0 aromatic carbocycles. The Morgan fingerprint density at radius 1 is 0.667 bits per heavy atom. The number of nitrogens with two attached hydrogens (primary N) is 2. The molecular weight excluding hydrogens is 224 g/mol. The maximum atomic E-state index is 5.99. The van der Waals surface area contributed by atoms with E-state index in [9.17, 15) is 0 Å². The highest BCUT2D eigenvalue weighted by molar-refractivity contribution is 5.13. The first-order valence-corrected chi connectivity index (χ1v) is 7.20. The van der Waals surface area contributed by atoms with Gasteiger partial charge in [-0.2, -0.15) is 0 Å². The summed E-state index contributed by atoms with van der Waals surface area (Å²) in [5.41, 5.74) is 16.6. The molecule has 102 valence electrons. The predicted octanol–water partition coefficient (Wildman–Crippen LogP) is 1.65. The Morgan fingerprint density at radius 2 is 1.06 bits per heavy atom. The molecule has 0 atom stereocenters. The van der Waals surface area contributed by atoms with Crippen molar-refractivity contribution < 1.29 is 0 Å². The van der Waals surface area contributed by atoms with E-state index < -0.39 is 0 Å². The largest absolute Gasteiger partial charge is 0.401 e. The summed E-state index contributed by atoms with van der Waals surface area (Å²) in [6.07, 6.45) is 9.30. The van der Waals surface area contributed by atoms with Gasteiger partial charge in [-0.15, -0.1) is 0 Å². The molecular formula is C14H26N4. The van der Waals surface area contributed by atoms with Crippen LogP contribution in [0.1, 0.15) is 51.4 Å². The normalized spacial score (nSPS) is 21.1. The molecule has 4 nitrogen and oxygen atoms in total. The van der Waals surface area contributed by atoms with Crippen molar-refractivity contribution in [2.45, 2.75) is 51.4 Å². The standard InChI is InChI=1S/C14H26N4/c15-11-5-1-3-7-13(11)17-9-10-18-14-8-4-2-6-12(14)16/h17-18H,1-10,15-16H2.